The maximum atomic E-state index is 12.0. The van der Waals surface area contributed by atoms with Crippen LogP contribution in [0.1, 0.15) is 39.7 Å². The summed E-state index contributed by atoms with van der Waals surface area (Å²) in [5.74, 6) is 0.484. The molecule has 1 rings (SSSR count). The third kappa shape index (κ3) is 4.81. The van der Waals surface area contributed by atoms with E-state index in [0.717, 1.165) is 12.0 Å². The van der Waals surface area contributed by atoms with Gasteiger partial charge in [0, 0.05) is 11.1 Å². The van der Waals surface area contributed by atoms with E-state index >= 15 is 0 Å². The summed E-state index contributed by atoms with van der Waals surface area (Å²) in [6.07, 6.45) is 0.296. The van der Waals surface area contributed by atoms with E-state index in [2.05, 4.69) is 5.32 Å². The van der Waals surface area contributed by atoms with Crippen molar-refractivity contribution in [3.8, 4) is 5.75 Å². The summed E-state index contributed by atoms with van der Waals surface area (Å²) < 4.78 is 5.61. The molecule has 0 fully saturated rings. The quantitative estimate of drug-likeness (QED) is 0.791. The van der Waals surface area contributed by atoms with Crippen molar-refractivity contribution in [2.75, 3.05) is 0 Å². The van der Waals surface area contributed by atoms with Crippen molar-refractivity contribution in [2.24, 2.45) is 5.73 Å². The van der Waals surface area contributed by atoms with Crippen LogP contribution in [0.25, 0.3) is 0 Å². The number of nitrogens with two attached hydrogens (primary N) is 1. The molecule has 1 aromatic rings. The summed E-state index contributed by atoms with van der Waals surface area (Å²) in [6.45, 7) is 7.71. The summed E-state index contributed by atoms with van der Waals surface area (Å²) >= 11 is 4.88. The molecule has 20 heavy (non-hydrogen) atoms. The van der Waals surface area contributed by atoms with Gasteiger partial charge in [0.1, 0.15) is 10.7 Å². The SMILES string of the molecule is CCC(C)(C)NC(=O)C(C)Oc1ccc(C(N)=S)cc1. The van der Waals surface area contributed by atoms with Gasteiger partial charge in [-0.25, -0.2) is 0 Å². The fraction of sp³-hybridized carbons (Fsp3) is 0.467. The van der Waals surface area contributed by atoms with Crippen LogP contribution in [0.3, 0.4) is 0 Å². The molecule has 0 aliphatic heterocycles. The lowest BCUT2D eigenvalue weighted by Crippen LogP contribution is -2.48. The van der Waals surface area contributed by atoms with Gasteiger partial charge in [0.25, 0.3) is 5.91 Å². The summed E-state index contributed by atoms with van der Waals surface area (Å²) in [4.78, 5) is 12.4. The monoisotopic (exact) mass is 294 g/mol. The molecule has 0 saturated heterocycles. The third-order valence-electron chi connectivity index (χ3n) is 3.17. The van der Waals surface area contributed by atoms with Crippen molar-refractivity contribution in [3.63, 3.8) is 0 Å². The molecule has 5 heteroatoms. The smallest absolute Gasteiger partial charge is 0.261 e. The Morgan fingerprint density at radius 2 is 1.95 bits per heavy atom. The van der Waals surface area contributed by atoms with Crippen LogP contribution in [0.4, 0.5) is 0 Å². The first-order chi connectivity index (χ1) is 9.25. The number of hydrogen-bond donors (Lipinski definition) is 2. The van der Waals surface area contributed by atoms with Crippen molar-refractivity contribution < 1.29 is 9.53 Å². The minimum absolute atomic E-state index is 0.129. The normalized spacial score (nSPS) is 12.6. The van der Waals surface area contributed by atoms with Crippen LogP contribution in [0.2, 0.25) is 0 Å². The number of hydrogen-bond acceptors (Lipinski definition) is 3. The van der Waals surface area contributed by atoms with Crippen LogP contribution in [-0.4, -0.2) is 22.5 Å². The fourth-order valence-corrected chi connectivity index (χ4v) is 1.62. The highest BCUT2D eigenvalue weighted by molar-refractivity contribution is 7.80. The first-order valence-electron chi connectivity index (χ1n) is 6.63. The number of carbonyl (C=O) groups excluding carboxylic acids is 1. The molecule has 0 radical (unpaired) electrons. The number of ether oxygens (including phenoxy) is 1. The molecule has 1 atom stereocenters. The molecule has 0 spiro atoms. The molecule has 1 unspecified atom stereocenters. The van der Waals surface area contributed by atoms with E-state index in [1.807, 2.05) is 20.8 Å². The summed E-state index contributed by atoms with van der Waals surface area (Å²) in [6, 6.07) is 7.06. The predicted molar refractivity (Wildman–Crippen MR) is 84.9 cm³/mol. The fourth-order valence-electron chi connectivity index (χ4n) is 1.48. The van der Waals surface area contributed by atoms with Crippen LogP contribution in [0, 0.1) is 0 Å². The zero-order valence-corrected chi connectivity index (χ0v) is 13.2. The van der Waals surface area contributed by atoms with E-state index in [4.69, 9.17) is 22.7 Å². The molecule has 1 amide bonds. The van der Waals surface area contributed by atoms with E-state index in [1.54, 1.807) is 31.2 Å². The number of nitrogens with one attached hydrogen (secondary N) is 1. The lowest BCUT2D eigenvalue weighted by Gasteiger charge is -2.26. The van der Waals surface area contributed by atoms with Crippen molar-refractivity contribution in [3.05, 3.63) is 29.8 Å². The van der Waals surface area contributed by atoms with Gasteiger partial charge < -0.3 is 15.8 Å². The largest absolute Gasteiger partial charge is 0.481 e. The number of rotatable bonds is 6. The Morgan fingerprint density at radius 3 is 2.40 bits per heavy atom. The topological polar surface area (TPSA) is 64.3 Å². The molecule has 0 aromatic heterocycles. The standard InChI is InChI=1S/C15H22N2O2S/c1-5-15(3,4)17-14(18)10(2)19-12-8-6-11(7-9-12)13(16)20/h6-10H,5H2,1-4H3,(H2,16,20)(H,17,18). The van der Waals surface area contributed by atoms with Gasteiger partial charge in [-0.3, -0.25) is 4.79 Å². The van der Waals surface area contributed by atoms with Gasteiger partial charge in [-0.05, 0) is 51.5 Å². The highest BCUT2D eigenvalue weighted by Crippen LogP contribution is 2.15. The van der Waals surface area contributed by atoms with Crippen molar-refractivity contribution in [2.45, 2.75) is 45.8 Å². The van der Waals surface area contributed by atoms with Crippen molar-refractivity contribution in [1.29, 1.82) is 0 Å². The van der Waals surface area contributed by atoms with Crippen LogP contribution in [0.15, 0.2) is 24.3 Å². The minimum Gasteiger partial charge on any atom is -0.481 e. The van der Waals surface area contributed by atoms with Gasteiger partial charge in [-0.1, -0.05) is 19.1 Å². The number of benzene rings is 1. The second kappa shape index (κ2) is 6.70. The van der Waals surface area contributed by atoms with Gasteiger partial charge >= 0.3 is 0 Å². The maximum Gasteiger partial charge on any atom is 0.261 e. The number of amides is 1. The van der Waals surface area contributed by atoms with Crippen molar-refractivity contribution >= 4 is 23.1 Å². The zero-order chi connectivity index (χ0) is 15.3. The Bertz CT molecular complexity index is 483. The summed E-state index contributed by atoms with van der Waals surface area (Å²) in [5, 5.41) is 2.95. The van der Waals surface area contributed by atoms with Crippen LogP contribution >= 0.6 is 12.2 Å². The molecule has 1 aromatic carbocycles. The molecule has 0 aliphatic rings. The Hall–Kier alpha value is -1.62. The van der Waals surface area contributed by atoms with E-state index in [9.17, 15) is 4.79 Å². The molecular formula is C15H22N2O2S. The van der Waals surface area contributed by atoms with Gasteiger partial charge in [-0.2, -0.15) is 0 Å². The Balaban J connectivity index is 2.63. The Labute approximate surface area is 125 Å². The third-order valence-corrected chi connectivity index (χ3v) is 3.40. The first-order valence-corrected chi connectivity index (χ1v) is 7.04. The molecule has 0 saturated carbocycles. The second-order valence-electron chi connectivity index (χ2n) is 5.38. The molecule has 0 aliphatic carbocycles. The highest BCUT2D eigenvalue weighted by atomic mass is 32.1. The van der Waals surface area contributed by atoms with Crippen LogP contribution < -0.4 is 15.8 Å². The molecule has 0 heterocycles. The van der Waals surface area contributed by atoms with Gasteiger partial charge in [-0.15, -0.1) is 0 Å². The van der Waals surface area contributed by atoms with E-state index < -0.39 is 6.10 Å². The predicted octanol–water partition coefficient (Wildman–Crippen LogP) is 2.39. The highest BCUT2D eigenvalue weighted by Gasteiger charge is 2.22. The second-order valence-corrected chi connectivity index (χ2v) is 5.82. The molecular weight excluding hydrogens is 272 g/mol. The van der Waals surface area contributed by atoms with Gasteiger partial charge in [0.2, 0.25) is 0 Å². The Kier molecular flexibility index (Phi) is 5.51. The summed E-state index contributed by atoms with van der Waals surface area (Å²) in [5.41, 5.74) is 6.07. The first kappa shape index (κ1) is 16.4. The van der Waals surface area contributed by atoms with E-state index in [-0.39, 0.29) is 11.4 Å². The summed E-state index contributed by atoms with van der Waals surface area (Å²) in [7, 11) is 0. The lowest BCUT2D eigenvalue weighted by atomic mass is 10.0. The lowest BCUT2D eigenvalue weighted by molar-refractivity contribution is -0.128. The van der Waals surface area contributed by atoms with Crippen molar-refractivity contribution in [1.82, 2.24) is 5.32 Å². The molecule has 0 bridgehead atoms. The van der Waals surface area contributed by atoms with Crippen LogP contribution in [0.5, 0.6) is 5.75 Å². The van der Waals surface area contributed by atoms with Gasteiger partial charge in [0.15, 0.2) is 6.10 Å². The number of thiocarbonyl (C=S) groups is 1. The molecule has 3 N–H and O–H groups in total. The Morgan fingerprint density at radius 1 is 1.40 bits per heavy atom. The van der Waals surface area contributed by atoms with Gasteiger partial charge in [0.05, 0.1) is 0 Å². The zero-order valence-electron chi connectivity index (χ0n) is 12.4. The number of carbonyl (C=O) groups is 1. The molecule has 110 valence electrons. The molecule has 4 nitrogen and oxygen atoms in total. The van der Waals surface area contributed by atoms with E-state index in [1.165, 1.54) is 0 Å². The average molecular weight is 294 g/mol. The van der Waals surface area contributed by atoms with E-state index in [0.29, 0.717) is 10.7 Å². The maximum absolute atomic E-state index is 12.0. The minimum atomic E-state index is -0.559. The average Bonchev–Trinajstić information content (AvgIpc) is 2.38. The van der Waals surface area contributed by atoms with Crippen LogP contribution in [-0.2, 0) is 4.79 Å².